The zero-order valence-electron chi connectivity index (χ0n) is 22.0. The van der Waals surface area contributed by atoms with E-state index in [2.05, 4.69) is 47.0 Å². The van der Waals surface area contributed by atoms with Gasteiger partial charge < -0.3 is 5.32 Å². The molecule has 5 rings (SSSR count). The molecule has 2 atom stereocenters. The third-order valence-corrected chi connectivity index (χ3v) is 7.25. The van der Waals surface area contributed by atoms with Crippen molar-refractivity contribution in [2.45, 2.75) is 63.6 Å². The summed E-state index contributed by atoms with van der Waals surface area (Å²) in [5.41, 5.74) is 4.96. The summed E-state index contributed by atoms with van der Waals surface area (Å²) in [6, 6.07) is 32.0. The van der Waals surface area contributed by atoms with Gasteiger partial charge in [0, 0.05) is 17.3 Å². The lowest BCUT2D eigenvalue weighted by Crippen LogP contribution is -2.50. The van der Waals surface area contributed by atoms with Gasteiger partial charge in [-0.05, 0) is 43.4 Å². The molecule has 1 aromatic heterocycles. The van der Waals surface area contributed by atoms with Crippen molar-refractivity contribution in [2.75, 3.05) is 0 Å². The molecule has 0 bridgehead atoms. The smallest absolute Gasteiger partial charge is 0.237 e. The summed E-state index contributed by atoms with van der Waals surface area (Å²) in [5, 5.41) is 7.05. The summed E-state index contributed by atoms with van der Waals surface area (Å²) < 4.78 is 0. The molecule has 1 amide bonds. The number of aryl methyl sites for hydroxylation is 1. The third kappa shape index (κ3) is 6.73. The summed E-state index contributed by atoms with van der Waals surface area (Å²) in [5.74, 6) is 0.705. The van der Waals surface area contributed by atoms with Crippen LogP contribution in [0.15, 0.2) is 97.1 Å². The highest BCUT2D eigenvalue weighted by atomic mass is 16.2. The minimum absolute atomic E-state index is 0.0395. The lowest BCUT2D eigenvalue weighted by molar-refractivity contribution is -0.124. The van der Waals surface area contributed by atoms with Gasteiger partial charge in [0.15, 0.2) is 5.82 Å². The Morgan fingerprint density at radius 2 is 1.47 bits per heavy atom. The summed E-state index contributed by atoms with van der Waals surface area (Å²) in [6.07, 6.45) is 6.28. The largest absolute Gasteiger partial charge is 0.352 e. The van der Waals surface area contributed by atoms with Gasteiger partial charge in [-0.2, -0.15) is 0 Å². The molecule has 1 aliphatic carbocycles. The van der Waals surface area contributed by atoms with Gasteiger partial charge in [-0.3, -0.25) is 10.1 Å². The second kappa shape index (κ2) is 12.6. The van der Waals surface area contributed by atoms with Gasteiger partial charge in [-0.1, -0.05) is 110 Å². The number of hydrogen-bond acceptors (Lipinski definition) is 4. The lowest BCUT2D eigenvalue weighted by atomic mass is 9.94. The molecule has 2 N–H and O–H groups in total. The molecular weight excluding hydrogens is 468 g/mol. The molecule has 0 radical (unpaired) electrons. The first kappa shape index (κ1) is 25.8. The van der Waals surface area contributed by atoms with E-state index in [9.17, 15) is 4.79 Å². The Morgan fingerprint density at radius 1 is 0.842 bits per heavy atom. The van der Waals surface area contributed by atoms with Crippen LogP contribution in [0.5, 0.6) is 0 Å². The number of benzene rings is 3. The molecule has 1 heterocycles. The second-order valence-corrected chi connectivity index (χ2v) is 10.2. The Hall–Kier alpha value is -3.83. The SMILES string of the molecule is Cc1cc(-c2ccccc2)nc([C@@H](N[C@@H](Cc2ccccc2)C(=O)NC2CCCCC2)c2ccccc2)n1. The zero-order valence-corrected chi connectivity index (χ0v) is 22.0. The molecule has 4 aromatic rings. The van der Waals surface area contributed by atoms with E-state index in [1.54, 1.807) is 0 Å². The number of carbonyl (C=O) groups excluding carboxylic acids is 1. The van der Waals surface area contributed by atoms with Crippen molar-refractivity contribution in [3.8, 4) is 11.3 Å². The number of amides is 1. The quantitative estimate of drug-likeness (QED) is 0.285. The zero-order chi connectivity index (χ0) is 26.2. The highest BCUT2D eigenvalue weighted by molar-refractivity contribution is 5.82. The maximum absolute atomic E-state index is 13.8. The van der Waals surface area contributed by atoms with E-state index in [4.69, 9.17) is 9.97 Å². The monoisotopic (exact) mass is 504 g/mol. The highest BCUT2D eigenvalue weighted by Gasteiger charge is 2.28. The van der Waals surface area contributed by atoms with Crippen molar-refractivity contribution >= 4 is 5.91 Å². The first-order chi connectivity index (χ1) is 18.7. The molecule has 38 heavy (non-hydrogen) atoms. The van der Waals surface area contributed by atoms with Gasteiger partial charge in [-0.25, -0.2) is 9.97 Å². The normalized spacial score (nSPS) is 15.5. The Balaban J connectivity index is 1.50. The van der Waals surface area contributed by atoms with Crippen LogP contribution in [0.4, 0.5) is 0 Å². The second-order valence-electron chi connectivity index (χ2n) is 10.2. The first-order valence-electron chi connectivity index (χ1n) is 13.7. The van der Waals surface area contributed by atoms with Gasteiger partial charge in [-0.15, -0.1) is 0 Å². The van der Waals surface area contributed by atoms with Crippen LogP contribution in [0.1, 0.15) is 60.8 Å². The molecule has 5 nitrogen and oxygen atoms in total. The van der Waals surface area contributed by atoms with Gasteiger partial charge in [0.2, 0.25) is 5.91 Å². The van der Waals surface area contributed by atoms with E-state index < -0.39 is 6.04 Å². The van der Waals surface area contributed by atoms with E-state index >= 15 is 0 Å². The van der Waals surface area contributed by atoms with E-state index in [1.807, 2.05) is 67.6 Å². The fraction of sp³-hybridized carbons (Fsp3) is 0.303. The number of aromatic nitrogens is 2. The maximum atomic E-state index is 13.8. The van der Waals surface area contributed by atoms with Crippen LogP contribution in [0, 0.1) is 6.92 Å². The summed E-state index contributed by atoms with van der Waals surface area (Å²) >= 11 is 0. The Morgan fingerprint density at radius 3 is 2.16 bits per heavy atom. The fourth-order valence-corrected chi connectivity index (χ4v) is 5.27. The predicted octanol–water partition coefficient (Wildman–Crippen LogP) is 6.19. The molecule has 0 aliphatic heterocycles. The maximum Gasteiger partial charge on any atom is 0.237 e. The van der Waals surface area contributed by atoms with Crippen LogP contribution in [0.3, 0.4) is 0 Å². The van der Waals surface area contributed by atoms with Gasteiger partial charge in [0.05, 0.1) is 17.8 Å². The van der Waals surface area contributed by atoms with E-state index in [1.165, 1.54) is 19.3 Å². The molecule has 0 spiro atoms. The van der Waals surface area contributed by atoms with Gasteiger partial charge >= 0.3 is 0 Å². The van der Waals surface area contributed by atoms with Crippen molar-refractivity contribution in [3.63, 3.8) is 0 Å². The Labute approximate surface area is 225 Å². The molecule has 0 saturated heterocycles. The van der Waals surface area contributed by atoms with Crippen LogP contribution >= 0.6 is 0 Å². The number of nitrogens with zero attached hydrogens (tertiary/aromatic N) is 2. The van der Waals surface area contributed by atoms with Crippen molar-refractivity contribution in [2.24, 2.45) is 0 Å². The van der Waals surface area contributed by atoms with Crippen LogP contribution in [-0.4, -0.2) is 28.0 Å². The molecule has 5 heteroatoms. The fourth-order valence-electron chi connectivity index (χ4n) is 5.27. The predicted molar refractivity (Wildman–Crippen MR) is 153 cm³/mol. The van der Waals surface area contributed by atoms with Crippen molar-refractivity contribution < 1.29 is 4.79 Å². The third-order valence-electron chi connectivity index (χ3n) is 7.25. The van der Waals surface area contributed by atoms with Gasteiger partial charge in [0.25, 0.3) is 0 Å². The van der Waals surface area contributed by atoms with E-state index in [-0.39, 0.29) is 18.0 Å². The van der Waals surface area contributed by atoms with E-state index in [0.29, 0.717) is 12.2 Å². The first-order valence-corrected chi connectivity index (χ1v) is 13.7. The molecule has 1 aliphatic rings. The Bertz CT molecular complexity index is 1300. The minimum Gasteiger partial charge on any atom is -0.352 e. The van der Waals surface area contributed by atoms with Crippen LogP contribution < -0.4 is 10.6 Å². The standard InChI is InChI=1S/C33H36N4O/c1-24-22-29(26-16-8-3-9-17-26)37-32(34-24)31(27-18-10-4-11-19-27)36-30(23-25-14-6-2-7-15-25)33(38)35-28-20-12-5-13-21-28/h2-4,6-11,14-19,22,28,30-31,36H,5,12-13,20-21,23H2,1H3,(H,35,38)/t30-,31-/m0/s1. The number of hydrogen-bond donors (Lipinski definition) is 2. The highest BCUT2D eigenvalue weighted by Crippen LogP contribution is 2.25. The van der Waals surface area contributed by atoms with Crippen molar-refractivity contribution in [1.29, 1.82) is 0 Å². The van der Waals surface area contributed by atoms with Crippen LogP contribution in [-0.2, 0) is 11.2 Å². The van der Waals surface area contributed by atoms with Crippen molar-refractivity contribution in [3.05, 3.63) is 120 Å². The van der Waals surface area contributed by atoms with Crippen LogP contribution in [0.25, 0.3) is 11.3 Å². The van der Waals surface area contributed by atoms with Crippen molar-refractivity contribution in [1.82, 2.24) is 20.6 Å². The van der Waals surface area contributed by atoms with E-state index in [0.717, 1.165) is 40.9 Å². The lowest BCUT2D eigenvalue weighted by Gasteiger charge is -2.29. The number of nitrogens with one attached hydrogen (secondary N) is 2. The average molecular weight is 505 g/mol. The molecular formula is C33H36N4O. The summed E-state index contributed by atoms with van der Waals surface area (Å²) in [6.45, 7) is 2.00. The topological polar surface area (TPSA) is 66.9 Å². The molecule has 1 saturated carbocycles. The molecule has 1 fully saturated rings. The number of carbonyl (C=O) groups is 1. The summed E-state index contributed by atoms with van der Waals surface area (Å²) in [7, 11) is 0. The molecule has 3 aromatic carbocycles. The number of rotatable bonds is 9. The minimum atomic E-state index is -0.436. The Kier molecular flexibility index (Phi) is 8.56. The average Bonchev–Trinajstić information content (AvgIpc) is 2.97. The van der Waals surface area contributed by atoms with Crippen LogP contribution in [0.2, 0.25) is 0 Å². The van der Waals surface area contributed by atoms with Gasteiger partial charge in [0.1, 0.15) is 0 Å². The summed E-state index contributed by atoms with van der Waals surface area (Å²) in [4.78, 5) is 23.6. The molecule has 0 unspecified atom stereocenters. The molecule has 194 valence electrons.